The van der Waals surface area contributed by atoms with Crippen molar-refractivity contribution in [3.63, 3.8) is 0 Å². The van der Waals surface area contributed by atoms with Crippen molar-refractivity contribution in [2.75, 3.05) is 13.1 Å². The standard InChI is InChI=1S/C19H21N7O/c27-19(16-4-7-22-23-10-16)21-9-15-11-25(13-17-3-1-2-6-20-17)14-18-5-8-24-26(18)12-15/h1-8,10,15H,9,11-14H2,(H,21,27)/t15-/m0/s1. The van der Waals surface area contributed by atoms with Gasteiger partial charge in [-0.2, -0.15) is 15.3 Å². The molecule has 3 aromatic heterocycles. The SMILES string of the molecule is O=C(NC[C@H]1CN(Cc2ccccn2)Cc2ccnn2C1)c1ccnnc1. The van der Waals surface area contributed by atoms with E-state index in [1.807, 2.05) is 35.3 Å². The van der Waals surface area contributed by atoms with E-state index < -0.39 is 0 Å². The highest BCUT2D eigenvalue weighted by Gasteiger charge is 2.23. The second-order valence-electron chi connectivity index (χ2n) is 6.70. The van der Waals surface area contributed by atoms with Gasteiger partial charge in [0, 0.05) is 51.0 Å². The first kappa shape index (κ1) is 17.3. The molecule has 0 fully saturated rings. The van der Waals surface area contributed by atoms with E-state index in [1.165, 1.54) is 18.1 Å². The molecule has 1 atom stereocenters. The summed E-state index contributed by atoms with van der Waals surface area (Å²) in [4.78, 5) is 19.1. The molecule has 0 aromatic carbocycles. The summed E-state index contributed by atoms with van der Waals surface area (Å²) in [6, 6.07) is 9.68. The molecular formula is C19H21N7O. The smallest absolute Gasteiger partial charge is 0.252 e. The third-order valence-corrected chi connectivity index (χ3v) is 4.65. The molecule has 0 unspecified atom stereocenters. The lowest BCUT2D eigenvalue weighted by molar-refractivity contribution is 0.0939. The summed E-state index contributed by atoms with van der Waals surface area (Å²) in [7, 11) is 0. The molecule has 0 saturated carbocycles. The van der Waals surface area contributed by atoms with Gasteiger partial charge in [0.15, 0.2) is 0 Å². The van der Waals surface area contributed by atoms with Crippen molar-refractivity contribution in [2.24, 2.45) is 5.92 Å². The number of rotatable bonds is 5. The van der Waals surface area contributed by atoms with Gasteiger partial charge in [0.2, 0.25) is 0 Å². The Hall–Kier alpha value is -3.13. The minimum Gasteiger partial charge on any atom is -0.352 e. The van der Waals surface area contributed by atoms with E-state index >= 15 is 0 Å². The topological polar surface area (TPSA) is 88.8 Å². The van der Waals surface area contributed by atoms with Gasteiger partial charge in [-0.1, -0.05) is 6.07 Å². The number of carbonyl (C=O) groups is 1. The highest BCUT2D eigenvalue weighted by Crippen LogP contribution is 2.17. The van der Waals surface area contributed by atoms with Crippen LogP contribution < -0.4 is 5.32 Å². The van der Waals surface area contributed by atoms with Gasteiger partial charge in [-0.15, -0.1) is 0 Å². The van der Waals surface area contributed by atoms with Gasteiger partial charge in [0.25, 0.3) is 5.91 Å². The molecule has 4 heterocycles. The molecule has 0 bridgehead atoms. The van der Waals surface area contributed by atoms with Crippen LogP contribution in [0, 0.1) is 5.92 Å². The number of hydrogen-bond acceptors (Lipinski definition) is 6. The molecule has 1 amide bonds. The molecule has 4 rings (SSSR count). The van der Waals surface area contributed by atoms with E-state index in [9.17, 15) is 4.79 Å². The van der Waals surface area contributed by atoms with Crippen molar-refractivity contribution in [3.05, 3.63) is 72.1 Å². The predicted molar refractivity (Wildman–Crippen MR) is 98.4 cm³/mol. The maximum atomic E-state index is 12.3. The molecule has 0 saturated heterocycles. The fourth-order valence-electron chi connectivity index (χ4n) is 3.35. The van der Waals surface area contributed by atoms with E-state index in [2.05, 4.69) is 36.6 Å². The molecule has 8 nitrogen and oxygen atoms in total. The molecule has 8 heteroatoms. The molecule has 0 spiro atoms. The van der Waals surface area contributed by atoms with Gasteiger partial charge in [-0.25, -0.2) is 0 Å². The highest BCUT2D eigenvalue weighted by atomic mass is 16.1. The molecule has 3 aromatic rings. The van der Waals surface area contributed by atoms with Crippen LogP contribution >= 0.6 is 0 Å². The molecule has 0 radical (unpaired) electrons. The molecule has 0 aliphatic carbocycles. The van der Waals surface area contributed by atoms with Gasteiger partial charge >= 0.3 is 0 Å². The van der Waals surface area contributed by atoms with E-state index in [1.54, 1.807) is 6.07 Å². The number of hydrogen-bond donors (Lipinski definition) is 1. The van der Waals surface area contributed by atoms with E-state index in [0.29, 0.717) is 12.1 Å². The summed E-state index contributed by atoms with van der Waals surface area (Å²) in [5.74, 6) is 0.111. The van der Waals surface area contributed by atoms with Gasteiger partial charge in [-0.3, -0.25) is 19.4 Å². The average molecular weight is 363 g/mol. The third-order valence-electron chi connectivity index (χ3n) is 4.65. The first-order valence-electron chi connectivity index (χ1n) is 8.96. The molecule has 1 N–H and O–H groups in total. The summed E-state index contributed by atoms with van der Waals surface area (Å²) >= 11 is 0. The lowest BCUT2D eigenvalue weighted by atomic mass is 10.1. The second kappa shape index (κ2) is 8.05. The van der Waals surface area contributed by atoms with Crippen molar-refractivity contribution in [2.45, 2.75) is 19.6 Å². The van der Waals surface area contributed by atoms with Crippen LogP contribution in [0.2, 0.25) is 0 Å². The van der Waals surface area contributed by atoms with Crippen LogP contribution in [0.4, 0.5) is 0 Å². The van der Waals surface area contributed by atoms with E-state index in [-0.39, 0.29) is 11.8 Å². The van der Waals surface area contributed by atoms with Gasteiger partial charge in [0.05, 0.1) is 29.3 Å². The maximum absolute atomic E-state index is 12.3. The highest BCUT2D eigenvalue weighted by molar-refractivity contribution is 5.93. The summed E-state index contributed by atoms with van der Waals surface area (Å²) in [6.07, 6.45) is 6.64. The molecule has 1 aliphatic rings. The minimum absolute atomic E-state index is 0.133. The number of nitrogens with one attached hydrogen (secondary N) is 1. The Bertz CT molecular complexity index is 881. The van der Waals surface area contributed by atoms with Crippen LogP contribution in [0.1, 0.15) is 21.7 Å². The Balaban J connectivity index is 1.44. The number of nitrogens with zero attached hydrogens (tertiary/aromatic N) is 6. The largest absolute Gasteiger partial charge is 0.352 e. The number of fused-ring (bicyclic) bond motifs is 1. The zero-order valence-electron chi connectivity index (χ0n) is 14.9. The quantitative estimate of drug-likeness (QED) is 0.731. The number of aromatic nitrogens is 5. The molecular weight excluding hydrogens is 342 g/mol. The summed E-state index contributed by atoms with van der Waals surface area (Å²) in [5, 5.41) is 14.9. The molecule has 27 heavy (non-hydrogen) atoms. The number of pyridine rings is 1. The normalized spacial score (nSPS) is 17.1. The van der Waals surface area contributed by atoms with Crippen LogP contribution in [-0.2, 0) is 19.6 Å². The fourth-order valence-corrected chi connectivity index (χ4v) is 3.35. The van der Waals surface area contributed by atoms with Crippen molar-refractivity contribution in [1.82, 2.24) is 35.2 Å². The summed E-state index contributed by atoms with van der Waals surface area (Å²) < 4.78 is 2.03. The van der Waals surface area contributed by atoms with E-state index in [0.717, 1.165) is 31.9 Å². The third kappa shape index (κ3) is 4.35. The van der Waals surface area contributed by atoms with Gasteiger partial charge < -0.3 is 5.32 Å². The van der Waals surface area contributed by atoms with Crippen molar-refractivity contribution >= 4 is 5.91 Å². The lowest BCUT2D eigenvalue weighted by Crippen LogP contribution is -2.36. The predicted octanol–water partition coefficient (Wildman–Crippen LogP) is 1.13. The fraction of sp³-hybridized carbons (Fsp3) is 0.316. The zero-order valence-corrected chi connectivity index (χ0v) is 14.9. The zero-order chi connectivity index (χ0) is 18.5. The molecule has 138 valence electrons. The first-order valence-corrected chi connectivity index (χ1v) is 8.96. The Labute approximate surface area is 157 Å². The van der Waals surface area contributed by atoms with Gasteiger partial charge in [-0.05, 0) is 24.3 Å². The van der Waals surface area contributed by atoms with Gasteiger partial charge in [0.1, 0.15) is 0 Å². The minimum atomic E-state index is -0.133. The van der Waals surface area contributed by atoms with Crippen LogP contribution in [0.3, 0.4) is 0 Å². The number of carbonyl (C=O) groups excluding carboxylic acids is 1. The summed E-state index contributed by atoms with van der Waals surface area (Å²) in [5.41, 5.74) is 2.73. The van der Waals surface area contributed by atoms with E-state index in [4.69, 9.17) is 0 Å². The van der Waals surface area contributed by atoms with Crippen LogP contribution in [0.15, 0.2) is 55.1 Å². The van der Waals surface area contributed by atoms with Crippen molar-refractivity contribution < 1.29 is 4.79 Å². The van der Waals surface area contributed by atoms with Crippen molar-refractivity contribution in [3.8, 4) is 0 Å². The lowest BCUT2D eigenvalue weighted by Gasteiger charge is -2.23. The Morgan fingerprint density at radius 1 is 1.11 bits per heavy atom. The number of amides is 1. The van der Waals surface area contributed by atoms with Crippen molar-refractivity contribution in [1.29, 1.82) is 0 Å². The Kier molecular flexibility index (Phi) is 5.15. The Morgan fingerprint density at radius 2 is 2.07 bits per heavy atom. The van der Waals surface area contributed by atoms with Crippen LogP contribution in [-0.4, -0.2) is 48.9 Å². The van der Waals surface area contributed by atoms with Crippen LogP contribution in [0.5, 0.6) is 0 Å². The monoisotopic (exact) mass is 363 g/mol. The maximum Gasteiger partial charge on any atom is 0.252 e. The molecule has 1 aliphatic heterocycles. The van der Waals surface area contributed by atoms with Crippen LogP contribution in [0.25, 0.3) is 0 Å². The summed E-state index contributed by atoms with van der Waals surface area (Å²) in [6.45, 7) is 3.78. The first-order chi connectivity index (χ1) is 13.3. The second-order valence-corrected chi connectivity index (χ2v) is 6.70. The average Bonchev–Trinajstić information content (AvgIpc) is 3.06. The Morgan fingerprint density at radius 3 is 2.89 bits per heavy atom.